The lowest BCUT2D eigenvalue weighted by Crippen LogP contribution is -2.39. The van der Waals surface area contributed by atoms with Gasteiger partial charge in [-0.25, -0.2) is 4.98 Å². The van der Waals surface area contributed by atoms with Crippen molar-refractivity contribution in [1.82, 2.24) is 4.98 Å². The van der Waals surface area contributed by atoms with Crippen molar-refractivity contribution in [3.63, 3.8) is 0 Å². The van der Waals surface area contributed by atoms with Gasteiger partial charge < -0.3 is 16.4 Å². The maximum absolute atomic E-state index is 11.0. The predicted octanol–water partition coefficient (Wildman–Crippen LogP) is 0.672. The standard InChI is InChI=1S/C11H18N4O/c1-7(2)15(6-10(13)16)11-9(12)5-4-8(3)14-11/h4-5,7H,6,12H2,1-3H3,(H2,13,16). The summed E-state index contributed by atoms with van der Waals surface area (Å²) in [5.41, 5.74) is 12.5. The van der Waals surface area contributed by atoms with Crippen LogP contribution in [0.1, 0.15) is 19.5 Å². The fourth-order valence-electron chi connectivity index (χ4n) is 1.45. The molecule has 1 rings (SSSR count). The quantitative estimate of drug-likeness (QED) is 0.784. The molecule has 1 heterocycles. The molecular formula is C11H18N4O. The first-order chi connectivity index (χ1) is 7.41. The number of nitrogens with two attached hydrogens (primary N) is 2. The van der Waals surface area contributed by atoms with Crippen LogP contribution >= 0.6 is 0 Å². The largest absolute Gasteiger partial charge is 0.396 e. The van der Waals surface area contributed by atoms with E-state index in [2.05, 4.69) is 4.98 Å². The van der Waals surface area contributed by atoms with Crippen LogP contribution in [0.25, 0.3) is 0 Å². The van der Waals surface area contributed by atoms with Gasteiger partial charge in [-0.15, -0.1) is 0 Å². The van der Waals surface area contributed by atoms with E-state index >= 15 is 0 Å². The third-order valence-electron chi connectivity index (χ3n) is 2.27. The minimum absolute atomic E-state index is 0.115. The van der Waals surface area contributed by atoms with Gasteiger partial charge in [0.05, 0.1) is 12.2 Å². The number of hydrogen-bond acceptors (Lipinski definition) is 4. The van der Waals surface area contributed by atoms with E-state index in [1.54, 1.807) is 11.0 Å². The molecular weight excluding hydrogens is 204 g/mol. The number of primary amides is 1. The van der Waals surface area contributed by atoms with Crippen molar-refractivity contribution in [3.8, 4) is 0 Å². The number of rotatable bonds is 4. The molecule has 16 heavy (non-hydrogen) atoms. The molecule has 0 aromatic carbocycles. The van der Waals surface area contributed by atoms with Gasteiger partial charge >= 0.3 is 0 Å². The molecule has 0 atom stereocenters. The highest BCUT2D eigenvalue weighted by atomic mass is 16.1. The van der Waals surface area contributed by atoms with Crippen LogP contribution in [0.5, 0.6) is 0 Å². The lowest BCUT2D eigenvalue weighted by atomic mass is 10.2. The van der Waals surface area contributed by atoms with Crippen molar-refractivity contribution < 1.29 is 4.79 Å². The summed E-state index contributed by atoms with van der Waals surface area (Å²) in [7, 11) is 0. The van der Waals surface area contributed by atoms with Crippen molar-refractivity contribution in [1.29, 1.82) is 0 Å². The van der Waals surface area contributed by atoms with Crippen molar-refractivity contribution >= 4 is 17.4 Å². The minimum atomic E-state index is -0.392. The first-order valence-corrected chi connectivity index (χ1v) is 5.20. The summed E-state index contributed by atoms with van der Waals surface area (Å²) in [5.74, 6) is 0.227. The Labute approximate surface area is 95.4 Å². The second-order valence-corrected chi connectivity index (χ2v) is 4.05. The predicted molar refractivity (Wildman–Crippen MR) is 65.1 cm³/mol. The van der Waals surface area contributed by atoms with Crippen molar-refractivity contribution in [2.24, 2.45) is 5.73 Å². The number of amides is 1. The number of aryl methyl sites for hydroxylation is 1. The fraction of sp³-hybridized carbons (Fsp3) is 0.455. The summed E-state index contributed by atoms with van der Waals surface area (Å²) >= 11 is 0. The Balaban J connectivity index is 3.09. The van der Waals surface area contributed by atoms with Gasteiger partial charge in [0.2, 0.25) is 5.91 Å². The van der Waals surface area contributed by atoms with Gasteiger partial charge in [-0.3, -0.25) is 4.79 Å². The summed E-state index contributed by atoms with van der Waals surface area (Å²) in [5, 5.41) is 0. The molecule has 0 saturated carbocycles. The number of hydrogen-bond donors (Lipinski definition) is 2. The van der Waals surface area contributed by atoms with Gasteiger partial charge in [0.1, 0.15) is 0 Å². The number of nitrogen functional groups attached to an aromatic ring is 1. The highest BCUT2D eigenvalue weighted by molar-refractivity contribution is 5.80. The van der Waals surface area contributed by atoms with Crippen LogP contribution in [0.2, 0.25) is 0 Å². The maximum Gasteiger partial charge on any atom is 0.237 e. The molecule has 0 aliphatic carbocycles. The summed E-state index contributed by atoms with van der Waals surface area (Å²) < 4.78 is 0. The lowest BCUT2D eigenvalue weighted by Gasteiger charge is -2.27. The Morgan fingerprint density at radius 1 is 1.50 bits per heavy atom. The molecule has 5 nitrogen and oxygen atoms in total. The smallest absolute Gasteiger partial charge is 0.237 e. The van der Waals surface area contributed by atoms with Gasteiger partial charge in [-0.1, -0.05) is 0 Å². The summed E-state index contributed by atoms with van der Waals surface area (Å²) in [6.45, 7) is 5.93. The molecule has 1 aromatic heterocycles. The number of nitrogens with zero attached hydrogens (tertiary/aromatic N) is 2. The first-order valence-electron chi connectivity index (χ1n) is 5.20. The van der Waals surface area contributed by atoms with Crippen LogP contribution < -0.4 is 16.4 Å². The van der Waals surface area contributed by atoms with Gasteiger partial charge in [0, 0.05) is 11.7 Å². The van der Waals surface area contributed by atoms with Crippen LogP contribution in [0.4, 0.5) is 11.5 Å². The second-order valence-electron chi connectivity index (χ2n) is 4.05. The van der Waals surface area contributed by atoms with Crippen molar-refractivity contribution in [3.05, 3.63) is 17.8 Å². The molecule has 0 unspecified atom stereocenters. The van der Waals surface area contributed by atoms with E-state index in [1.807, 2.05) is 26.8 Å². The van der Waals surface area contributed by atoms with Crippen molar-refractivity contribution in [2.45, 2.75) is 26.8 Å². The van der Waals surface area contributed by atoms with Crippen LogP contribution in [-0.4, -0.2) is 23.5 Å². The molecule has 1 amide bonds. The zero-order chi connectivity index (χ0) is 12.3. The molecule has 0 aliphatic rings. The van der Waals surface area contributed by atoms with Crippen LogP contribution in [0, 0.1) is 6.92 Å². The average molecular weight is 222 g/mol. The lowest BCUT2D eigenvalue weighted by molar-refractivity contribution is -0.116. The number of pyridine rings is 1. The molecule has 0 saturated heterocycles. The summed E-state index contributed by atoms with van der Waals surface area (Å²) in [6.07, 6.45) is 0. The minimum Gasteiger partial charge on any atom is -0.396 e. The van der Waals surface area contributed by atoms with E-state index in [0.29, 0.717) is 11.5 Å². The Bertz CT molecular complexity index is 390. The van der Waals surface area contributed by atoms with Crippen LogP contribution in [0.15, 0.2) is 12.1 Å². The number of carbonyl (C=O) groups excluding carboxylic acids is 1. The first kappa shape index (κ1) is 12.3. The normalized spacial score (nSPS) is 10.5. The molecule has 0 spiro atoms. The van der Waals surface area contributed by atoms with Gasteiger partial charge in [-0.05, 0) is 32.9 Å². The molecule has 0 fully saturated rings. The van der Waals surface area contributed by atoms with Crippen LogP contribution in [0.3, 0.4) is 0 Å². The zero-order valence-electron chi connectivity index (χ0n) is 9.90. The summed E-state index contributed by atoms with van der Waals surface area (Å²) in [4.78, 5) is 17.1. The number of aromatic nitrogens is 1. The monoisotopic (exact) mass is 222 g/mol. The third-order valence-corrected chi connectivity index (χ3v) is 2.27. The molecule has 4 N–H and O–H groups in total. The SMILES string of the molecule is Cc1ccc(N)c(N(CC(N)=O)C(C)C)n1. The van der Waals surface area contributed by atoms with E-state index in [4.69, 9.17) is 11.5 Å². The Morgan fingerprint density at radius 3 is 2.62 bits per heavy atom. The zero-order valence-corrected chi connectivity index (χ0v) is 9.90. The third kappa shape index (κ3) is 2.85. The highest BCUT2D eigenvalue weighted by Crippen LogP contribution is 2.22. The molecule has 1 aromatic rings. The van der Waals surface area contributed by atoms with E-state index in [-0.39, 0.29) is 12.6 Å². The van der Waals surface area contributed by atoms with E-state index in [1.165, 1.54) is 0 Å². The van der Waals surface area contributed by atoms with Crippen LogP contribution in [-0.2, 0) is 4.79 Å². The van der Waals surface area contributed by atoms with E-state index in [9.17, 15) is 4.79 Å². The highest BCUT2D eigenvalue weighted by Gasteiger charge is 2.16. The number of carbonyl (C=O) groups is 1. The van der Waals surface area contributed by atoms with Gasteiger partial charge in [-0.2, -0.15) is 0 Å². The Kier molecular flexibility index (Phi) is 3.71. The second kappa shape index (κ2) is 4.83. The number of anilines is 2. The Hall–Kier alpha value is -1.78. The molecule has 5 heteroatoms. The van der Waals surface area contributed by atoms with Gasteiger partial charge in [0.25, 0.3) is 0 Å². The molecule has 0 aliphatic heterocycles. The van der Waals surface area contributed by atoms with Crippen molar-refractivity contribution in [2.75, 3.05) is 17.2 Å². The molecule has 0 bridgehead atoms. The Morgan fingerprint density at radius 2 is 2.12 bits per heavy atom. The molecule has 88 valence electrons. The summed E-state index contributed by atoms with van der Waals surface area (Å²) in [6, 6.07) is 3.74. The molecule has 0 radical (unpaired) electrons. The van der Waals surface area contributed by atoms with E-state index < -0.39 is 5.91 Å². The topological polar surface area (TPSA) is 85.2 Å². The maximum atomic E-state index is 11.0. The van der Waals surface area contributed by atoms with E-state index in [0.717, 1.165) is 5.69 Å². The average Bonchev–Trinajstić information content (AvgIpc) is 2.18. The van der Waals surface area contributed by atoms with Gasteiger partial charge in [0.15, 0.2) is 5.82 Å². The fourth-order valence-corrected chi connectivity index (χ4v) is 1.45.